The van der Waals surface area contributed by atoms with Gasteiger partial charge < -0.3 is 5.11 Å². The van der Waals surface area contributed by atoms with E-state index >= 15 is 0 Å². The van der Waals surface area contributed by atoms with E-state index in [9.17, 15) is 5.11 Å². The maximum absolute atomic E-state index is 10.0. The second-order valence-corrected chi connectivity index (χ2v) is 4.42. The van der Waals surface area contributed by atoms with Crippen molar-refractivity contribution in [2.24, 2.45) is 0 Å². The Morgan fingerprint density at radius 3 is 2.57 bits per heavy atom. The number of hydrogen-bond donors (Lipinski definition) is 1. The van der Waals surface area contributed by atoms with Gasteiger partial charge in [-0.1, -0.05) is 43.1 Å². The van der Waals surface area contributed by atoms with Crippen LogP contribution in [0.4, 0.5) is 0 Å². The van der Waals surface area contributed by atoms with Crippen molar-refractivity contribution in [3.8, 4) is 0 Å². The zero-order valence-electron chi connectivity index (χ0n) is 8.76. The molecule has 0 saturated heterocycles. The molecular formula is C12H17ClO. The van der Waals surface area contributed by atoms with Gasteiger partial charge in [0, 0.05) is 11.4 Å². The zero-order chi connectivity index (χ0) is 10.6. The summed E-state index contributed by atoms with van der Waals surface area (Å²) in [5.41, 5.74) is 0.382. The van der Waals surface area contributed by atoms with Gasteiger partial charge in [0.15, 0.2) is 0 Å². The molecular weight excluding hydrogens is 196 g/mol. The first-order valence-corrected chi connectivity index (χ1v) is 5.39. The molecule has 0 saturated carbocycles. The number of rotatable bonds is 4. The van der Waals surface area contributed by atoms with Gasteiger partial charge in [0.25, 0.3) is 0 Å². The molecule has 1 N–H and O–H groups in total. The van der Waals surface area contributed by atoms with Crippen LogP contribution in [0, 0.1) is 0 Å². The van der Waals surface area contributed by atoms with Crippen LogP contribution in [0.3, 0.4) is 0 Å². The van der Waals surface area contributed by atoms with Crippen LogP contribution >= 0.6 is 11.6 Å². The molecule has 1 aromatic carbocycles. The normalized spacial score (nSPS) is 15.1. The Morgan fingerprint density at radius 1 is 1.36 bits per heavy atom. The van der Waals surface area contributed by atoms with Crippen LogP contribution in [-0.2, 0) is 6.42 Å². The third-order valence-corrected chi connectivity index (χ3v) is 2.69. The summed E-state index contributed by atoms with van der Waals surface area (Å²) in [4.78, 5) is 0. The van der Waals surface area contributed by atoms with Crippen molar-refractivity contribution < 1.29 is 5.11 Å². The van der Waals surface area contributed by atoms with E-state index in [1.165, 1.54) is 0 Å². The van der Waals surface area contributed by atoms with Crippen LogP contribution in [0.2, 0.25) is 5.02 Å². The fraction of sp³-hybridized carbons (Fsp3) is 0.500. The lowest BCUT2D eigenvalue weighted by molar-refractivity contribution is 0.0506. The first kappa shape index (κ1) is 11.5. The SMILES string of the molecule is CCCC(C)(O)Cc1ccccc1Cl. The smallest absolute Gasteiger partial charge is 0.0660 e. The van der Waals surface area contributed by atoms with E-state index in [-0.39, 0.29) is 0 Å². The van der Waals surface area contributed by atoms with E-state index < -0.39 is 5.60 Å². The highest BCUT2D eigenvalue weighted by Crippen LogP contribution is 2.23. The van der Waals surface area contributed by atoms with Gasteiger partial charge in [-0.2, -0.15) is 0 Å². The lowest BCUT2D eigenvalue weighted by Gasteiger charge is -2.23. The van der Waals surface area contributed by atoms with Crippen LogP contribution in [0.15, 0.2) is 24.3 Å². The van der Waals surface area contributed by atoms with E-state index in [0.717, 1.165) is 23.4 Å². The van der Waals surface area contributed by atoms with Gasteiger partial charge in [0.1, 0.15) is 0 Å². The topological polar surface area (TPSA) is 20.2 Å². The minimum Gasteiger partial charge on any atom is -0.390 e. The predicted octanol–water partition coefficient (Wildman–Crippen LogP) is 3.43. The van der Waals surface area contributed by atoms with Crippen LogP contribution < -0.4 is 0 Å². The van der Waals surface area contributed by atoms with Crippen molar-refractivity contribution in [3.05, 3.63) is 34.9 Å². The molecule has 1 atom stereocenters. The fourth-order valence-electron chi connectivity index (χ4n) is 1.68. The standard InChI is InChI=1S/C12H17ClO/c1-3-8-12(2,14)9-10-6-4-5-7-11(10)13/h4-7,14H,3,8-9H2,1-2H3. The molecule has 0 aliphatic rings. The average molecular weight is 213 g/mol. The van der Waals surface area contributed by atoms with Gasteiger partial charge in [0.2, 0.25) is 0 Å². The molecule has 0 heterocycles. The highest BCUT2D eigenvalue weighted by Gasteiger charge is 2.20. The molecule has 14 heavy (non-hydrogen) atoms. The molecule has 0 radical (unpaired) electrons. The molecule has 0 aliphatic heterocycles. The van der Waals surface area contributed by atoms with Crippen LogP contribution in [0.1, 0.15) is 32.3 Å². The Bertz CT molecular complexity index is 294. The van der Waals surface area contributed by atoms with Crippen molar-refractivity contribution in [1.82, 2.24) is 0 Å². The Labute approximate surface area is 90.7 Å². The minimum absolute atomic E-state index is 0.626. The first-order valence-electron chi connectivity index (χ1n) is 5.01. The number of hydrogen-bond acceptors (Lipinski definition) is 1. The molecule has 78 valence electrons. The zero-order valence-corrected chi connectivity index (χ0v) is 9.51. The molecule has 1 unspecified atom stereocenters. The summed E-state index contributed by atoms with van der Waals surface area (Å²) < 4.78 is 0. The average Bonchev–Trinajstić information content (AvgIpc) is 2.08. The largest absolute Gasteiger partial charge is 0.390 e. The van der Waals surface area contributed by atoms with Crippen molar-refractivity contribution >= 4 is 11.6 Å². The highest BCUT2D eigenvalue weighted by molar-refractivity contribution is 6.31. The molecule has 0 aliphatic carbocycles. The van der Waals surface area contributed by atoms with Gasteiger partial charge in [0.05, 0.1) is 5.60 Å². The maximum Gasteiger partial charge on any atom is 0.0660 e. The number of aliphatic hydroxyl groups is 1. The van der Waals surface area contributed by atoms with Crippen LogP contribution in [0.25, 0.3) is 0 Å². The maximum atomic E-state index is 10.0. The van der Waals surface area contributed by atoms with E-state index in [1.54, 1.807) is 0 Å². The summed E-state index contributed by atoms with van der Waals surface area (Å²) in [6, 6.07) is 7.68. The second-order valence-electron chi connectivity index (χ2n) is 4.02. The van der Waals surface area contributed by atoms with E-state index in [0.29, 0.717) is 6.42 Å². The second kappa shape index (κ2) is 4.81. The molecule has 2 heteroatoms. The van der Waals surface area contributed by atoms with E-state index in [1.807, 2.05) is 31.2 Å². The van der Waals surface area contributed by atoms with Gasteiger partial charge in [-0.25, -0.2) is 0 Å². The molecule has 0 bridgehead atoms. The Kier molecular flexibility index (Phi) is 3.97. The van der Waals surface area contributed by atoms with Crippen molar-refractivity contribution in [2.45, 2.75) is 38.7 Å². The summed E-state index contributed by atoms with van der Waals surface area (Å²) in [7, 11) is 0. The third kappa shape index (κ3) is 3.32. The molecule has 1 rings (SSSR count). The van der Waals surface area contributed by atoms with Crippen molar-refractivity contribution in [2.75, 3.05) is 0 Å². The van der Waals surface area contributed by atoms with E-state index in [4.69, 9.17) is 11.6 Å². The Balaban J connectivity index is 2.73. The first-order chi connectivity index (χ1) is 6.55. The lowest BCUT2D eigenvalue weighted by atomic mass is 9.92. The van der Waals surface area contributed by atoms with Crippen molar-refractivity contribution in [1.29, 1.82) is 0 Å². The number of halogens is 1. The molecule has 0 aromatic heterocycles. The predicted molar refractivity (Wildman–Crippen MR) is 60.7 cm³/mol. The van der Waals surface area contributed by atoms with Crippen LogP contribution in [-0.4, -0.2) is 10.7 Å². The lowest BCUT2D eigenvalue weighted by Crippen LogP contribution is -2.26. The summed E-state index contributed by atoms with van der Waals surface area (Å²) in [6.07, 6.45) is 2.41. The molecule has 0 amide bonds. The summed E-state index contributed by atoms with van der Waals surface area (Å²) in [6.45, 7) is 3.93. The van der Waals surface area contributed by atoms with Gasteiger partial charge in [-0.15, -0.1) is 0 Å². The highest BCUT2D eigenvalue weighted by atomic mass is 35.5. The summed E-state index contributed by atoms with van der Waals surface area (Å²) >= 11 is 6.02. The Morgan fingerprint density at radius 2 is 2.00 bits per heavy atom. The third-order valence-electron chi connectivity index (χ3n) is 2.32. The molecule has 1 aromatic rings. The van der Waals surface area contributed by atoms with Crippen LogP contribution in [0.5, 0.6) is 0 Å². The molecule has 0 spiro atoms. The monoisotopic (exact) mass is 212 g/mol. The van der Waals surface area contributed by atoms with Gasteiger partial charge in [-0.05, 0) is 25.0 Å². The molecule has 0 fully saturated rings. The molecule has 1 nitrogen and oxygen atoms in total. The quantitative estimate of drug-likeness (QED) is 0.811. The fourth-order valence-corrected chi connectivity index (χ4v) is 1.88. The van der Waals surface area contributed by atoms with Crippen molar-refractivity contribution in [3.63, 3.8) is 0 Å². The summed E-state index contributed by atoms with van der Waals surface area (Å²) in [5, 5.41) is 10.8. The summed E-state index contributed by atoms with van der Waals surface area (Å²) in [5.74, 6) is 0. The Hall–Kier alpha value is -0.530. The van der Waals surface area contributed by atoms with Gasteiger partial charge in [-0.3, -0.25) is 0 Å². The minimum atomic E-state index is -0.639. The van der Waals surface area contributed by atoms with Gasteiger partial charge >= 0.3 is 0 Å². The number of benzene rings is 1. The van der Waals surface area contributed by atoms with E-state index in [2.05, 4.69) is 6.92 Å².